The summed E-state index contributed by atoms with van der Waals surface area (Å²) >= 11 is 5.67. The summed E-state index contributed by atoms with van der Waals surface area (Å²) in [5.74, 6) is -0.702. The first-order chi connectivity index (χ1) is 7.07. The molecule has 1 aromatic carbocycles. The molecule has 0 heterocycles. The second-order valence-corrected chi connectivity index (χ2v) is 3.42. The largest absolute Gasteiger partial charge is 0.389 e. The quantitative estimate of drug-likeness (QED) is 0.831. The lowest BCUT2D eigenvalue weighted by Gasteiger charge is -2.17. The third kappa shape index (κ3) is 2.66. The number of rotatable bonds is 3. The van der Waals surface area contributed by atoms with E-state index < -0.39 is 18.0 Å². The van der Waals surface area contributed by atoms with E-state index in [4.69, 9.17) is 16.9 Å². The van der Waals surface area contributed by atoms with Gasteiger partial charge in [-0.25, -0.2) is 4.39 Å². The second-order valence-electron chi connectivity index (χ2n) is 3.01. The van der Waals surface area contributed by atoms with Crippen LogP contribution in [0.3, 0.4) is 0 Å². The van der Waals surface area contributed by atoms with Crippen molar-refractivity contribution in [2.45, 2.75) is 18.6 Å². The first-order valence-corrected chi connectivity index (χ1v) is 4.62. The van der Waals surface area contributed by atoms with Gasteiger partial charge in [-0.2, -0.15) is 5.26 Å². The summed E-state index contributed by atoms with van der Waals surface area (Å²) in [4.78, 5) is 0. The Balaban J connectivity index is 3.01. The van der Waals surface area contributed by atoms with E-state index in [9.17, 15) is 14.6 Å². The van der Waals surface area contributed by atoms with Crippen LogP contribution in [0.1, 0.15) is 18.1 Å². The molecular formula is C10H9ClFNO2. The van der Waals surface area contributed by atoms with E-state index in [1.54, 1.807) is 6.07 Å². The summed E-state index contributed by atoms with van der Waals surface area (Å²) in [6.07, 6.45) is -3.12. The van der Waals surface area contributed by atoms with Gasteiger partial charge in [0.25, 0.3) is 0 Å². The van der Waals surface area contributed by atoms with Crippen molar-refractivity contribution >= 4 is 11.6 Å². The van der Waals surface area contributed by atoms with Crippen molar-refractivity contribution in [1.82, 2.24) is 0 Å². The van der Waals surface area contributed by atoms with Crippen LogP contribution in [0.5, 0.6) is 0 Å². The maximum Gasteiger partial charge on any atom is 0.130 e. The average molecular weight is 230 g/mol. The predicted octanol–water partition coefficient (Wildman–Crippen LogP) is 1.79. The summed E-state index contributed by atoms with van der Waals surface area (Å²) in [5.41, 5.74) is -0.179. The van der Waals surface area contributed by atoms with E-state index in [-0.39, 0.29) is 17.0 Å². The summed E-state index contributed by atoms with van der Waals surface area (Å²) in [6.45, 7) is 0. The fraction of sp³-hybridized carbons (Fsp3) is 0.300. The van der Waals surface area contributed by atoms with Gasteiger partial charge in [-0.1, -0.05) is 17.7 Å². The van der Waals surface area contributed by atoms with E-state index in [2.05, 4.69) is 0 Å². The number of aliphatic hydroxyl groups is 2. The Kier molecular flexibility index (Phi) is 4.04. The fourth-order valence-electron chi connectivity index (χ4n) is 1.19. The molecule has 0 saturated carbocycles. The molecule has 1 rings (SSSR count). The van der Waals surface area contributed by atoms with Crippen LogP contribution < -0.4 is 0 Å². The van der Waals surface area contributed by atoms with Crippen molar-refractivity contribution in [1.29, 1.82) is 5.26 Å². The molecule has 80 valence electrons. The summed E-state index contributed by atoms with van der Waals surface area (Å²) in [7, 11) is 0. The molecule has 2 atom stereocenters. The highest BCUT2D eigenvalue weighted by molar-refractivity contribution is 6.31. The van der Waals surface area contributed by atoms with Gasteiger partial charge in [0, 0.05) is 10.6 Å². The lowest BCUT2D eigenvalue weighted by atomic mass is 10.0. The van der Waals surface area contributed by atoms with Crippen molar-refractivity contribution in [3.8, 4) is 6.07 Å². The van der Waals surface area contributed by atoms with Crippen LogP contribution in [-0.2, 0) is 0 Å². The first kappa shape index (κ1) is 11.9. The Morgan fingerprint density at radius 1 is 1.47 bits per heavy atom. The fourth-order valence-corrected chi connectivity index (χ4v) is 1.47. The molecule has 5 heteroatoms. The number of halogens is 2. The molecule has 2 unspecified atom stereocenters. The van der Waals surface area contributed by atoms with Crippen LogP contribution in [0.4, 0.5) is 4.39 Å². The Bertz CT molecular complexity index is 371. The Hall–Kier alpha value is -1.15. The lowest BCUT2D eigenvalue weighted by Crippen LogP contribution is -2.19. The highest BCUT2D eigenvalue weighted by Crippen LogP contribution is 2.28. The van der Waals surface area contributed by atoms with Crippen LogP contribution in [-0.4, -0.2) is 16.3 Å². The molecule has 0 amide bonds. The Morgan fingerprint density at radius 2 is 2.13 bits per heavy atom. The standard InChI is InChI=1S/C10H9ClFNO2/c11-6-2-1-3-7(12)9(6)10(15)8(14)4-5-13/h1-3,8,10,14-15H,4H2. The molecule has 0 bridgehead atoms. The summed E-state index contributed by atoms with van der Waals surface area (Å²) < 4.78 is 13.3. The van der Waals surface area contributed by atoms with Gasteiger partial charge in [-0.3, -0.25) is 0 Å². The molecule has 0 aromatic heterocycles. The monoisotopic (exact) mass is 229 g/mol. The van der Waals surface area contributed by atoms with Gasteiger partial charge < -0.3 is 10.2 Å². The van der Waals surface area contributed by atoms with E-state index in [0.29, 0.717) is 0 Å². The van der Waals surface area contributed by atoms with Crippen molar-refractivity contribution in [2.24, 2.45) is 0 Å². The van der Waals surface area contributed by atoms with Gasteiger partial charge >= 0.3 is 0 Å². The average Bonchev–Trinajstić information content (AvgIpc) is 2.17. The van der Waals surface area contributed by atoms with Crippen molar-refractivity contribution in [3.05, 3.63) is 34.6 Å². The van der Waals surface area contributed by atoms with Gasteiger partial charge in [0.2, 0.25) is 0 Å². The molecule has 0 fully saturated rings. The molecule has 0 aliphatic carbocycles. The van der Waals surface area contributed by atoms with Gasteiger partial charge in [0.1, 0.15) is 11.9 Å². The van der Waals surface area contributed by atoms with Crippen LogP contribution in [0, 0.1) is 17.1 Å². The van der Waals surface area contributed by atoms with Gasteiger partial charge in [-0.15, -0.1) is 0 Å². The van der Waals surface area contributed by atoms with Crippen molar-refractivity contribution in [3.63, 3.8) is 0 Å². The topological polar surface area (TPSA) is 64.2 Å². The highest BCUT2D eigenvalue weighted by Gasteiger charge is 2.23. The molecule has 0 radical (unpaired) electrons. The van der Waals surface area contributed by atoms with Gasteiger partial charge in [-0.05, 0) is 12.1 Å². The Morgan fingerprint density at radius 3 is 2.67 bits per heavy atom. The third-order valence-electron chi connectivity index (χ3n) is 1.96. The van der Waals surface area contributed by atoms with Crippen molar-refractivity contribution in [2.75, 3.05) is 0 Å². The number of hydrogen-bond donors (Lipinski definition) is 2. The summed E-state index contributed by atoms with van der Waals surface area (Å²) in [5, 5.41) is 27.2. The number of benzene rings is 1. The van der Waals surface area contributed by atoms with E-state index in [0.717, 1.165) is 6.07 Å². The first-order valence-electron chi connectivity index (χ1n) is 4.25. The zero-order valence-electron chi connectivity index (χ0n) is 7.69. The molecule has 0 aliphatic rings. The molecule has 0 aliphatic heterocycles. The molecule has 2 N–H and O–H groups in total. The number of hydrogen-bond acceptors (Lipinski definition) is 3. The minimum Gasteiger partial charge on any atom is -0.389 e. The van der Waals surface area contributed by atoms with E-state index in [1.807, 2.05) is 0 Å². The van der Waals surface area contributed by atoms with E-state index in [1.165, 1.54) is 12.1 Å². The molecule has 0 saturated heterocycles. The molecule has 0 spiro atoms. The minimum absolute atomic E-state index is 0.0273. The van der Waals surface area contributed by atoms with Crippen LogP contribution >= 0.6 is 11.6 Å². The van der Waals surface area contributed by atoms with Crippen LogP contribution in [0.2, 0.25) is 5.02 Å². The zero-order valence-corrected chi connectivity index (χ0v) is 8.45. The second kappa shape index (κ2) is 5.08. The smallest absolute Gasteiger partial charge is 0.130 e. The predicted molar refractivity (Wildman–Crippen MR) is 52.6 cm³/mol. The van der Waals surface area contributed by atoms with Gasteiger partial charge in [0.05, 0.1) is 18.6 Å². The molecule has 15 heavy (non-hydrogen) atoms. The summed E-state index contributed by atoms with van der Waals surface area (Å²) in [6, 6.07) is 5.61. The lowest BCUT2D eigenvalue weighted by molar-refractivity contribution is 0.0196. The molecule has 1 aromatic rings. The SMILES string of the molecule is N#CCC(O)C(O)c1c(F)cccc1Cl. The number of nitriles is 1. The third-order valence-corrected chi connectivity index (χ3v) is 2.29. The van der Waals surface area contributed by atoms with Crippen LogP contribution in [0.15, 0.2) is 18.2 Å². The Labute approximate surface area is 91.3 Å². The maximum atomic E-state index is 13.3. The molecular weight excluding hydrogens is 221 g/mol. The minimum atomic E-state index is -1.49. The molecule has 3 nitrogen and oxygen atoms in total. The van der Waals surface area contributed by atoms with Crippen LogP contribution in [0.25, 0.3) is 0 Å². The zero-order chi connectivity index (χ0) is 11.4. The number of aliphatic hydroxyl groups excluding tert-OH is 2. The van der Waals surface area contributed by atoms with Crippen molar-refractivity contribution < 1.29 is 14.6 Å². The normalized spacial score (nSPS) is 14.3. The maximum absolute atomic E-state index is 13.3. The highest BCUT2D eigenvalue weighted by atomic mass is 35.5. The number of nitrogens with zero attached hydrogens (tertiary/aromatic N) is 1. The van der Waals surface area contributed by atoms with Gasteiger partial charge in [0.15, 0.2) is 0 Å². The van der Waals surface area contributed by atoms with E-state index >= 15 is 0 Å².